The second-order valence-electron chi connectivity index (χ2n) is 4.98. The van der Waals surface area contributed by atoms with Crippen LogP contribution in [0.5, 0.6) is 0 Å². The smallest absolute Gasteiger partial charge is 0.0856 e. The average Bonchev–Trinajstić information content (AvgIpc) is 2.39. The van der Waals surface area contributed by atoms with E-state index < -0.39 is 0 Å². The van der Waals surface area contributed by atoms with Crippen LogP contribution in [0.25, 0.3) is 0 Å². The van der Waals surface area contributed by atoms with Gasteiger partial charge in [0, 0.05) is 22.9 Å². The Balaban J connectivity index is 1.97. The van der Waals surface area contributed by atoms with Crippen molar-refractivity contribution >= 4 is 11.8 Å². The number of pyridine rings is 1. The van der Waals surface area contributed by atoms with Gasteiger partial charge < -0.3 is 10.0 Å². The summed E-state index contributed by atoms with van der Waals surface area (Å²) in [6.45, 7) is 3.30. The van der Waals surface area contributed by atoms with Crippen molar-refractivity contribution in [2.75, 3.05) is 19.3 Å². The summed E-state index contributed by atoms with van der Waals surface area (Å²) in [4.78, 5) is 7.92. The van der Waals surface area contributed by atoms with Gasteiger partial charge in [0.25, 0.3) is 0 Å². The van der Waals surface area contributed by atoms with E-state index in [4.69, 9.17) is 0 Å². The van der Waals surface area contributed by atoms with E-state index in [9.17, 15) is 5.11 Å². The Labute approximate surface area is 114 Å². The van der Waals surface area contributed by atoms with E-state index in [1.165, 1.54) is 30.7 Å². The first-order valence-electron chi connectivity index (χ1n) is 6.60. The van der Waals surface area contributed by atoms with E-state index in [-0.39, 0.29) is 6.61 Å². The molecular weight excluding hydrogens is 244 g/mol. The lowest BCUT2D eigenvalue weighted by Gasteiger charge is -2.32. The Hall–Kier alpha value is -0.580. The third-order valence-corrected chi connectivity index (χ3v) is 5.07. The molecule has 18 heavy (non-hydrogen) atoms. The van der Waals surface area contributed by atoms with Crippen molar-refractivity contribution in [3.8, 4) is 0 Å². The van der Waals surface area contributed by atoms with Gasteiger partial charge in [-0.1, -0.05) is 6.42 Å². The van der Waals surface area contributed by atoms with E-state index in [0.29, 0.717) is 6.04 Å². The van der Waals surface area contributed by atoms with Gasteiger partial charge in [-0.05, 0) is 45.0 Å². The van der Waals surface area contributed by atoms with Crippen LogP contribution in [0.1, 0.15) is 30.5 Å². The molecule has 1 aliphatic heterocycles. The highest BCUT2D eigenvalue weighted by molar-refractivity contribution is 7.99. The number of likely N-dealkylation sites (tertiary alicyclic amines) is 1. The second-order valence-corrected chi connectivity index (χ2v) is 6.04. The molecule has 1 aliphatic rings. The van der Waals surface area contributed by atoms with Crippen LogP contribution in [-0.4, -0.2) is 40.4 Å². The molecule has 1 unspecified atom stereocenters. The van der Waals surface area contributed by atoms with Crippen LogP contribution in [0.3, 0.4) is 0 Å². The molecule has 0 saturated carbocycles. The number of piperidine rings is 1. The topological polar surface area (TPSA) is 36.4 Å². The number of hydrogen-bond donors (Lipinski definition) is 1. The predicted octanol–water partition coefficient (Wildman–Crippen LogP) is 2.46. The Morgan fingerprint density at radius 1 is 1.50 bits per heavy atom. The van der Waals surface area contributed by atoms with Crippen molar-refractivity contribution in [3.05, 3.63) is 23.5 Å². The van der Waals surface area contributed by atoms with Crippen LogP contribution in [0.4, 0.5) is 0 Å². The molecule has 0 aliphatic carbocycles. The van der Waals surface area contributed by atoms with Gasteiger partial charge in [0.15, 0.2) is 0 Å². The van der Waals surface area contributed by atoms with Crippen LogP contribution in [-0.2, 0) is 6.61 Å². The summed E-state index contributed by atoms with van der Waals surface area (Å²) in [6.07, 6.45) is 5.79. The summed E-state index contributed by atoms with van der Waals surface area (Å²) in [6, 6.07) is 2.75. The largest absolute Gasteiger partial charge is 0.390 e. The van der Waals surface area contributed by atoms with Gasteiger partial charge in [0.1, 0.15) is 0 Å². The molecule has 3 nitrogen and oxygen atoms in total. The molecule has 0 aromatic carbocycles. The van der Waals surface area contributed by atoms with Gasteiger partial charge in [-0.15, -0.1) is 11.8 Å². The van der Waals surface area contributed by atoms with Gasteiger partial charge >= 0.3 is 0 Å². The lowest BCUT2D eigenvalue weighted by molar-refractivity contribution is 0.204. The van der Waals surface area contributed by atoms with Crippen LogP contribution >= 0.6 is 11.8 Å². The molecule has 100 valence electrons. The first-order chi connectivity index (χ1) is 8.72. The van der Waals surface area contributed by atoms with E-state index in [1.54, 1.807) is 6.20 Å². The molecule has 1 N–H and O–H groups in total. The van der Waals surface area contributed by atoms with Crippen molar-refractivity contribution < 1.29 is 5.11 Å². The lowest BCUT2D eigenvalue weighted by Crippen LogP contribution is -2.37. The predicted molar refractivity (Wildman–Crippen MR) is 75.9 cm³/mol. The normalized spacial score (nSPS) is 21.2. The number of aliphatic hydroxyl groups is 1. The Morgan fingerprint density at radius 2 is 2.33 bits per heavy atom. The summed E-state index contributed by atoms with van der Waals surface area (Å²) in [5, 5.41) is 9.22. The summed E-state index contributed by atoms with van der Waals surface area (Å²) in [7, 11) is 2.23. The zero-order valence-corrected chi connectivity index (χ0v) is 12.0. The molecule has 0 amide bonds. The van der Waals surface area contributed by atoms with Crippen molar-refractivity contribution in [1.29, 1.82) is 0 Å². The zero-order valence-electron chi connectivity index (χ0n) is 11.2. The Kier molecular flexibility index (Phi) is 5.03. The highest BCUT2D eigenvalue weighted by Gasteiger charge is 2.19. The molecule has 4 heteroatoms. The van der Waals surface area contributed by atoms with Crippen molar-refractivity contribution in [3.63, 3.8) is 0 Å². The molecular formula is C14H22N2OS. The van der Waals surface area contributed by atoms with Gasteiger partial charge in [-0.25, -0.2) is 0 Å². The van der Waals surface area contributed by atoms with Crippen LogP contribution in [0.15, 0.2) is 17.2 Å². The number of thioether (sulfide) groups is 1. The first kappa shape index (κ1) is 13.8. The van der Waals surface area contributed by atoms with E-state index in [2.05, 4.69) is 23.0 Å². The number of hydrogen-bond acceptors (Lipinski definition) is 4. The van der Waals surface area contributed by atoms with Gasteiger partial charge in [0.2, 0.25) is 0 Å². The van der Waals surface area contributed by atoms with E-state index >= 15 is 0 Å². The Morgan fingerprint density at radius 3 is 3.06 bits per heavy atom. The number of aliphatic hydroxyl groups excluding tert-OH is 1. The maximum atomic E-state index is 9.22. The molecule has 2 rings (SSSR count). The van der Waals surface area contributed by atoms with Crippen molar-refractivity contribution in [2.45, 2.75) is 43.7 Å². The van der Waals surface area contributed by atoms with Gasteiger partial charge in [0.05, 0.1) is 12.3 Å². The SMILES string of the molecule is Cc1c(SCC2CCCCN2C)ccnc1CO. The average molecular weight is 266 g/mol. The Bertz CT molecular complexity index is 397. The highest BCUT2D eigenvalue weighted by atomic mass is 32.2. The first-order valence-corrected chi connectivity index (χ1v) is 7.59. The van der Waals surface area contributed by atoms with Crippen LogP contribution < -0.4 is 0 Å². The summed E-state index contributed by atoms with van der Waals surface area (Å²) in [5.41, 5.74) is 1.93. The lowest BCUT2D eigenvalue weighted by atomic mass is 10.1. The quantitative estimate of drug-likeness (QED) is 0.849. The third kappa shape index (κ3) is 3.25. The molecule has 1 fully saturated rings. The monoisotopic (exact) mass is 266 g/mol. The van der Waals surface area contributed by atoms with E-state index in [0.717, 1.165) is 17.0 Å². The standard InChI is InChI=1S/C14H22N2OS/c1-11-13(9-17)15-7-6-14(11)18-10-12-5-3-4-8-16(12)2/h6-7,12,17H,3-5,8-10H2,1-2H3. The molecule has 1 atom stereocenters. The van der Waals surface area contributed by atoms with Gasteiger partial charge in [-0.3, -0.25) is 4.98 Å². The van der Waals surface area contributed by atoms with Crippen LogP contribution in [0.2, 0.25) is 0 Å². The van der Waals surface area contributed by atoms with Crippen molar-refractivity contribution in [1.82, 2.24) is 9.88 Å². The van der Waals surface area contributed by atoms with E-state index in [1.807, 2.05) is 18.7 Å². The fourth-order valence-electron chi connectivity index (χ4n) is 2.42. The molecule has 1 aromatic heterocycles. The minimum Gasteiger partial charge on any atom is -0.390 e. The van der Waals surface area contributed by atoms with Crippen LogP contribution in [0, 0.1) is 6.92 Å². The minimum absolute atomic E-state index is 0.0313. The fraction of sp³-hybridized carbons (Fsp3) is 0.643. The van der Waals surface area contributed by atoms with Crippen molar-refractivity contribution in [2.24, 2.45) is 0 Å². The fourth-order valence-corrected chi connectivity index (χ4v) is 3.70. The molecule has 1 aromatic rings. The molecule has 0 radical (unpaired) electrons. The highest BCUT2D eigenvalue weighted by Crippen LogP contribution is 2.27. The number of rotatable bonds is 4. The summed E-state index contributed by atoms with van der Waals surface area (Å²) in [5.74, 6) is 1.13. The van der Waals surface area contributed by atoms with Gasteiger partial charge in [-0.2, -0.15) is 0 Å². The summed E-state index contributed by atoms with van der Waals surface area (Å²) < 4.78 is 0. The molecule has 2 heterocycles. The molecule has 0 spiro atoms. The number of aromatic nitrogens is 1. The maximum Gasteiger partial charge on any atom is 0.0856 e. The number of nitrogens with zero attached hydrogens (tertiary/aromatic N) is 2. The molecule has 0 bridgehead atoms. The zero-order chi connectivity index (χ0) is 13.0. The minimum atomic E-state index is 0.0313. The second kappa shape index (κ2) is 6.55. The molecule has 1 saturated heterocycles. The summed E-state index contributed by atoms with van der Waals surface area (Å²) >= 11 is 1.89. The third-order valence-electron chi connectivity index (χ3n) is 3.76. The maximum absolute atomic E-state index is 9.22.